The second kappa shape index (κ2) is 9.73. The number of rotatable bonds is 6. The number of hydrogen-bond donors (Lipinski definition) is 4. The molecule has 23 heavy (non-hydrogen) atoms. The second-order valence-corrected chi connectivity index (χ2v) is 4.59. The number of ether oxygens (including phenoxy) is 1. The Hall–Kier alpha value is -1.33. The molecule has 0 radical (unpaired) electrons. The summed E-state index contributed by atoms with van der Waals surface area (Å²) in [7, 11) is 0. The van der Waals surface area contributed by atoms with E-state index >= 15 is 0 Å². The van der Waals surface area contributed by atoms with Crippen LogP contribution in [-0.2, 0) is 14.3 Å². The zero-order valence-corrected chi connectivity index (χ0v) is 14.5. The molecule has 0 fully saturated rings. The van der Waals surface area contributed by atoms with Crippen LogP contribution in [0.25, 0.3) is 10.4 Å². The van der Waals surface area contributed by atoms with Crippen molar-refractivity contribution in [1.29, 1.82) is 0 Å². The molecule has 1 amide bonds. The zero-order valence-electron chi connectivity index (χ0n) is 12.5. The summed E-state index contributed by atoms with van der Waals surface area (Å²) < 4.78 is 4.97. The third kappa shape index (κ3) is 5.99. The van der Waals surface area contributed by atoms with Crippen LogP contribution in [0.4, 0.5) is 0 Å². The standard InChI is InChI=1S/C11H16N4O7.Na/c1-4(16)14-8-5(17)2-7(11(20)21)22-10(8)9(19)6(18)3-13-15-12;/h2,5-6,8-10,17-19H,3H2,1H3,(H,14,16)(H,20,21);/q;+1/p-1/t5-,6+,8+,9-,10+;/m0./s1. The molecular formula is C11H15N4NaO7. The molecule has 12 heteroatoms. The zero-order chi connectivity index (χ0) is 16.9. The van der Waals surface area contributed by atoms with Crippen molar-refractivity contribution >= 4 is 11.9 Å². The number of carbonyl (C=O) groups is 2. The van der Waals surface area contributed by atoms with Crippen molar-refractivity contribution in [3.8, 4) is 0 Å². The summed E-state index contributed by atoms with van der Waals surface area (Å²) in [4.78, 5) is 24.4. The van der Waals surface area contributed by atoms with Crippen molar-refractivity contribution in [3.63, 3.8) is 0 Å². The van der Waals surface area contributed by atoms with Crippen molar-refractivity contribution in [3.05, 3.63) is 22.3 Å². The van der Waals surface area contributed by atoms with Crippen molar-refractivity contribution in [1.82, 2.24) is 5.32 Å². The topological polar surface area (TPSA) is 188 Å². The molecule has 0 saturated heterocycles. The van der Waals surface area contributed by atoms with Crippen LogP contribution in [-0.4, -0.2) is 64.2 Å². The largest absolute Gasteiger partial charge is 1.00 e. The smallest absolute Gasteiger partial charge is 0.542 e. The number of azide groups is 1. The van der Waals surface area contributed by atoms with Crippen LogP contribution in [0.2, 0.25) is 0 Å². The Bertz CT molecular complexity index is 523. The van der Waals surface area contributed by atoms with Crippen LogP contribution < -0.4 is 40.0 Å². The molecule has 5 atom stereocenters. The molecule has 1 aliphatic rings. The summed E-state index contributed by atoms with van der Waals surface area (Å²) in [5.74, 6) is -3.05. The van der Waals surface area contributed by atoms with Crippen LogP contribution in [0.15, 0.2) is 16.9 Å². The number of aliphatic hydroxyl groups is 3. The maximum absolute atomic E-state index is 11.1. The van der Waals surface area contributed by atoms with Crippen LogP contribution >= 0.6 is 0 Å². The van der Waals surface area contributed by atoms with Gasteiger partial charge in [-0.2, -0.15) is 0 Å². The first kappa shape index (κ1) is 21.7. The van der Waals surface area contributed by atoms with E-state index in [4.69, 9.17) is 10.3 Å². The summed E-state index contributed by atoms with van der Waals surface area (Å²) in [5, 5.41) is 45.8. The molecule has 122 valence electrons. The Morgan fingerprint density at radius 2 is 2.17 bits per heavy atom. The van der Waals surface area contributed by atoms with Gasteiger partial charge in [0.15, 0.2) is 0 Å². The average molecular weight is 338 g/mol. The molecule has 0 aromatic heterocycles. The Balaban J connectivity index is 0.00000484. The maximum atomic E-state index is 11.1. The van der Waals surface area contributed by atoms with Crippen molar-refractivity contribution in [2.75, 3.05) is 6.54 Å². The third-order valence-corrected chi connectivity index (χ3v) is 2.94. The van der Waals surface area contributed by atoms with Gasteiger partial charge in [0.25, 0.3) is 0 Å². The van der Waals surface area contributed by atoms with Gasteiger partial charge in [-0.3, -0.25) is 4.79 Å². The summed E-state index contributed by atoms with van der Waals surface area (Å²) >= 11 is 0. The predicted octanol–water partition coefficient (Wildman–Crippen LogP) is -6.08. The fourth-order valence-corrected chi connectivity index (χ4v) is 1.96. The fraction of sp³-hybridized carbons (Fsp3) is 0.636. The van der Waals surface area contributed by atoms with Gasteiger partial charge in [-0.1, -0.05) is 5.11 Å². The van der Waals surface area contributed by atoms with Gasteiger partial charge >= 0.3 is 29.6 Å². The molecule has 0 unspecified atom stereocenters. The van der Waals surface area contributed by atoms with E-state index in [1.165, 1.54) is 0 Å². The van der Waals surface area contributed by atoms with E-state index in [2.05, 4.69) is 15.3 Å². The van der Waals surface area contributed by atoms with Crippen molar-refractivity contribution < 1.29 is 64.3 Å². The van der Waals surface area contributed by atoms with Gasteiger partial charge in [-0.15, -0.1) is 0 Å². The molecule has 0 aliphatic carbocycles. The van der Waals surface area contributed by atoms with E-state index in [0.717, 1.165) is 13.0 Å². The number of carboxylic acid groups (broad SMARTS) is 1. The van der Waals surface area contributed by atoms with Crippen molar-refractivity contribution in [2.24, 2.45) is 5.11 Å². The quantitative estimate of drug-likeness (QED) is 0.160. The number of aliphatic carboxylic acids is 1. The van der Waals surface area contributed by atoms with Gasteiger partial charge in [-0.25, -0.2) is 0 Å². The third-order valence-electron chi connectivity index (χ3n) is 2.94. The molecular weight excluding hydrogens is 323 g/mol. The van der Waals surface area contributed by atoms with E-state index in [0.29, 0.717) is 0 Å². The number of carbonyl (C=O) groups excluding carboxylic acids is 2. The van der Waals surface area contributed by atoms with Gasteiger partial charge in [0.2, 0.25) is 5.91 Å². The van der Waals surface area contributed by atoms with Crippen LogP contribution in [0.1, 0.15) is 6.92 Å². The number of nitrogens with one attached hydrogen (secondary N) is 1. The minimum Gasteiger partial charge on any atom is -0.542 e. The van der Waals surface area contributed by atoms with Gasteiger partial charge in [0.05, 0.1) is 24.8 Å². The maximum Gasteiger partial charge on any atom is 1.00 e. The summed E-state index contributed by atoms with van der Waals surface area (Å²) in [6.45, 7) is 0.634. The summed E-state index contributed by atoms with van der Waals surface area (Å²) in [6.07, 6.45) is -5.50. The average Bonchev–Trinajstić information content (AvgIpc) is 2.45. The first-order valence-electron chi connectivity index (χ1n) is 6.20. The molecule has 0 bridgehead atoms. The molecule has 1 rings (SSSR count). The van der Waals surface area contributed by atoms with Crippen LogP contribution in [0.5, 0.6) is 0 Å². The number of carboxylic acids is 1. The SMILES string of the molecule is CC(=O)N[C@H]1[C@H]([C@@H](O)[C@H](O)CN=[N+]=[N-])OC(C(=O)[O-])=C[C@@H]1O.[Na+]. The first-order chi connectivity index (χ1) is 10.3. The van der Waals surface area contributed by atoms with Gasteiger partial charge in [-0.05, 0) is 11.6 Å². The minimum atomic E-state index is -1.74. The Morgan fingerprint density at radius 3 is 2.65 bits per heavy atom. The van der Waals surface area contributed by atoms with Gasteiger partial charge < -0.3 is 35.3 Å². The van der Waals surface area contributed by atoms with E-state index < -0.39 is 54.6 Å². The van der Waals surface area contributed by atoms with E-state index in [1.54, 1.807) is 0 Å². The normalized spacial score (nSPS) is 25.6. The summed E-state index contributed by atoms with van der Waals surface area (Å²) in [5.41, 5.74) is 8.18. The summed E-state index contributed by atoms with van der Waals surface area (Å²) in [6, 6.07) is -1.21. The van der Waals surface area contributed by atoms with Crippen LogP contribution in [0.3, 0.4) is 0 Å². The van der Waals surface area contributed by atoms with E-state index in [-0.39, 0.29) is 29.6 Å². The molecule has 4 N–H and O–H groups in total. The number of aliphatic hydroxyl groups excluding tert-OH is 3. The van der Waals surface area contributed by atoms with Gasteiger partial charge in [0, 0.05) is 11.8 Å². The molecule has 0 aromatic carbocycles. The minimum absolute atomic E-state index is 0. The monoisotopic (exact) mass is 338 g/mol. The molecule has 1 heterocycles. The van der Waals surface area contributed by atoms with E-state index in [1.807, 2.05) is 0 Å². The first-order valence-corrected chi connectivity index (χ1v) is 6.20. The number of amides is 1. The Labute approximate surface area is 152 Å². The molecule has 11 nitrogen and oxygen atoms in total. The Kier molecular flexibility index (Phi) is 9.17. The Morgan fingerprint density at radius 1 is 1.57 bits per heavy atom. The predicted molar refractivity (Wildman–Crippen MR) is 67.6 cm³/mol. The molecule has 0 aromatic rings. The van der Waals surface area contributed by atoms with Crippen LogP contribution in [0, 0.1) is 0 Å². The number of hydrogen-bond acceptors (Lipinski definition) is 8. The molecule has 1 aliphatic heterocycles. The van der Waals surface area contributed by atoms with Crippen molar-refractivity contribution in [2.45, 2.75) is 37.4 Å². The number of nitrogens with zero attached hydrogens (tertiary/aromatic N) is 3. The van der Waals surface area contributed by atoms with Gasteiger partial charge in [0.1, 0.15) is 23.9 Å². The second-order valence-electron chi connectivity index (χ2n) is 4.59. The molecule has 0 saturated carbocycles. The fourth-order valence-electron chi connectivity index (χ4n) is 1.96. The van der Waals surface area contributed by atoms with E-state index in [9.17, 15) is 30.0 Å². The molecule has 0 spiro atoms.